The topological polar surface area (TPSA) is 107 Å². The van der Waals surface area contributed by atoms with Crippen molar-refractivity contribution in [3.63, 3.8) is 0 Å². The second-order valence-electron chi connectivity index (χ2n) is 7.28. The van der Waals surface area contributed by atoms with Crippen molar-refractivity contribution in [1.29, 1.82) is 0 Å². The number of hydrogen-bond acceptors (Lipinski definition) is 7. The molecule has 0 amide bonds. The Morgan fingerprint density at radius 1 is 1.10 bits per heavy atom. The molecule has 2 aromatic carbocycles. The molecule has 158 valence electrons. The van der Waals surface area contributed by atoms with E-state index in [0.29, 0.717) is 22.4 Å². The fourth-order valence-electron chi connectivity index (χ4n) is 3.77. The second-order valence-corrected chi connectivity index (χ2v) is 9.82. The highest BCUT2D eigenvalue weighted by atomic mass is 32.3. The highest BCUT2D eigenvalue weighted by molar-refractivity contribution is 8.23. The van der Waals surface area contributed by atoms with E-state index in [-0.39, 0.29) is 22.0 Å². The number of rotatable bonds is 3. The van der Waals surface area contributed by atoms with Gasteiger partial charge in [0, 0.05) is 0 Å². The summed E-state index contributed by atoms with van der Waals surface area (Å²) in [6, 6.07) is 16.2. The van der Waals surface area contributed by atoms with Gasteiger partial charge in [0.1, 0.15) is 10.5 Å². The van der Waals surface area contributed by atoms with Gasteiger partial charge in [-0.1, -0.05) is 53.2 Å². The summed E-state index contributed by atoms with van der Waals surface area (Å²) in [5, 5.41) is 15.9. The van der Waals surface area contributed by atoms with Crippen molar-refractivity contribution in [2.24, 2.45) is 4.40 Å². The largest absolute Gasteiger partial charge is 0.505 e. The highest BCUT2D eigenvalue weighted by Crippen LogP contribution is 2.55. The summed E-state index contributed by atoms with van der Waals surface area (Å²) in [6.45, 7) is 2.20. The minimum atomic E-state index is -3.52. The Kier molecular flexibility index (Phi) is 4.63. The Hall–Kier alpha value is -3.11. The lowest BCUT2D eigenvalue weighted by Gasteiger charge is -2.34. The molecule has 9 heteroatoms. The van der Waals surface area contributed by atoms with E-state index in [1.807, 2.05) is 42.6 Å². The molecule has 1 aliphatic rings. The van der Waals surface area contributed by atoms with Crippen LogP contribution in [-0.4, -0.2) is 24.6 Å². The van der Waals surface area contributed by atoms with Crippen molar-refractivity contribution < 1.29 is 14.2 Å². The first-order valence-electron chi connectivity index (χ1n) is 9.49. The van der Waals surface area contributed by atoms with Crippen LogP contribution in [-0.2, 0) is 6.54 Å². The van der Waals surface area contributed by atoms with E-state index in [2.05, 4.69) is 9.71 Å². The van der Waals surface area contributed by atoms with Gasteiger partial charge in [-0.3, -0.25) is 13.9 Å². The normalized spacial score (nSPS) is 15.8. The minimum Gasteiger partial charge on any atom is -0.505 e. The van der Waals surface area contributed by atoms with E-state index < -0.39 is 16.3 Å². The van der Waals surface area contributed by atoms with Gasteiger partial charge in [0.25, 0.3) is 5.56 Å². The third kappa shape index (κ3) is 3.22. The van der Waals surface area contributed by atoms with Gasteiger partial charge in [-0.25, -0.2) is 0 Å². The Morgan fingerprint density at radius 2 is 1.81 bits per heavy atom. The molecule has 2 aromatic heterocycles. The van der Waals surface area contributed by atoms with E-state index in [4.69, 9.17) is 0 Å². The summed E-state index contributed by atoms with van der Waals surface area (Å²) in [7, 11) is -3.52. The van der Waals surface area contributed by atoms with Crippen molar-refractivity contribution in [3.8, 4) is 5.75 Å². The third-order valence-electron chi connectivity index (χ3n) is 5.20. The van der Waals surface area contributed by atoms with Gasteiger partial charge in [0.15, 0.2) is 11.6 Å². The number of fused-ring (bicyclic) bond motifs is 2. The maximum atomic E-state index is 13.6. The highest BCUT2D eigenvalue weighted by Gasteiger charge is 2.30. The summed E-state index contributed by atoms with van der Waals surface area (Å²) in [5.41, 5.74) is 2.35. The molecular formula is C22H19N3O4S2. The van der Waals surface area contributed by atoms with Gasteiger partial charge in [0.05, 0.1) is 22.4 Å². The van der Waals surface area contributed by atoms with Gasteiger partial charge in [-0.05, 0) is 35.6 Å². The van der Waals surface area contributed by atoms with Crippen LogP contribution in [0.2, 0.25) is 0 Å². The summed E-state index contributed by atoms with van der Waals surface area (Å²) in [4.78, 5) is 13.9. The molecule has 0 spiro atoms. The lowest BCUT2D eigenvalue weighted by molar-refractivity contribution is 0.478. The molecule has 0 radical (unpaired) electrons. The fraction of sp³-hybridized carbons (Fsp3) is 0.0909. The van der Waals surface area contributed by atoms with E-state index >= 15 is 0 Å². The molecular weight excluding hydrogens is 434 g/mol. The number of nitrogens with zero attached hydrogens (tertiary/aromatic N) is 2. The number of aromatic nitrogens is 1. The number of aryl methyl sites for hydroxylation is 1. The summed E-state index contributed by atoms with van der Waals surface area (Å²) < 4.78 is 27.4. The van der Waals surface area contributed by atoms with Crippen LogP contribution in [0.1, 0.15) is 16.7 Å². The van der Waals surface area contributed by atoms with Crippen LogP contribution in [0.5, 0.6) is 5.75 Å². The zero-order valence-electron chi connectivity index (χ0n) is 16.4. The summed E-state index contributed by atoms with van der Waals surface area (Å²) in [6.07, 6.45) is 0. The monoisotopic (exact) mass is 453 g/mol. The zero-order valence-corrected chi connectivity index (χ0v) is 18.1. The van der Waals surface area contributed by atoms with Gasteiger partial charge in [-0.2, -0.15) is 0 Å². The molecule has 0 unspecified atom stereocenters. The van der Waals surface area contributed by atoms with Crippen LogP contribution in [0.15, 0.2) is 74.1 Å². The van der Waals surface area contributed by atoms with Gasteiger partial charge in [0.2, 0.25) is 0 Å². The molecule has 5 rings (SSSR count). The lowest BCUT2D eigenvalue weighted by Crippen LogP contribution is -2.32. The molecule has 4 aromatic rings. The summed E-state index contributed by atoms with van der Waals surface area (Å²) >= 11 is 1.33. The molecule has 0 aliphatic carbocycles. The predicted octanol–water partition coefficient (Wildman–Crippen LogP) is 5.02. The molecule has 31 heavy (non-hydrogen) atoms. The van der Waals surface area contributed by atoms with E-state index in [0.717, 1.165) is 11.1 Å². The van der Waals surface area contributed by atoms with Gasteiger partial charge >= 0.3 is 0 Å². The number of thiophene rings is 1. The van der Waals surface area contributed by atoms with Crippen LogP contribution in [0.4, 0.5) is 5.69 Å². The minimum absolute atomic E-state index is 0.0593. The van der Waals surface area contributed by atoms with Crippen molar-refractivity contribution in [2.75, 3.05) is 5.32 Å². The molecule has 0 fully saturated rings. The standard InChI is InChI=1S/C22H19N3O4S2/c1-13-12-30-20-18(13)25(11-14-7-3-2-4-8-14)22(27)17(19(20)26)21-23-15-9-5-6-10-16(15)31(28,29)24-21/h2-10,12,26,28-29H,11H2,1H3,(H,23,24). The Labute approximate surface area is 183 Å². The van der Waals surface area contributed by atoms with Crippen LogP contribution in [0.3, 0.4) is 0 Å². The van der Waals surface area contributed by atoms with Gasteiger partial charge < -0.3 is 15.0 Å². The number of nitrogens with one attached hydrogen (secondary N) is 1. The molecule has 3 heterocycles. The number of benzene rings is 2. The molecule has 0 bridgehead atoms. The average Bonchev–Trinajstić information content (AvgIpc) is 3.13. The average molecular weight is 454 g/mol. The van der Waals surface area contributed by atoms with Crippen LogP contribution in [0.25, 0.3) is 10.2 Å². The molecule has 4 N–H and O–H groups in total. The van der Waals surface area contributed by atoms with Gasteiger partial charge in [-0.15, -0.1) is 15.7 Å². The number of amidine groups is 1. The zero-order chi connectivity index (χ0) is 21.8. The van der Waals surface area contributed by atoms with Crippen molar-refractivity contribution in [3.05, 3.63) is 87.0 Å². The predicted molar refractivity (Wildman–Crippen MR) is 126 cm³/mol. The van der Waals surface area contributed by atoms with Crippen molar-refractivity contribution in [2.45, 2.75) is 18.4 Å². The maximum Gasteiger partial charge on any atom is 0.266 e. The first kappa shape index (κ1) is 19.8. The smallest absolute Gasteiger partial charge is 0.266 e. The fourth-order valence-corrected chi connectivity index (χ4v) is 5.93. The van der Waals surface area contributed by atoms with Crippen LogP contribution in [0, 0.1) is 6.92 Å². The lowest BCUT2D eigenvalue weighted by atomic mass is 10.1. The van der Waals surface area contributed by atoms with Crippen molar-refractivity contribution in [1.82, 2.24) is 4.57 Å². The number of anilines is 1. The number of pyridine rings is 1. The number of hydrogen-bond donors (Lipinski definition) is 4. The Bertz CT molecular complexity index is 1410. The SMILES string of the molecule is Cc1csc2c(O)c(C3=NS(O)(O)c4ccccc4N3)c(=O)n(Cc3ccccc3)c12. The van der Waals surface area contributed by atoms with E-state index in [1.54, 1.807) is 28.8 Å². The Morgan fingerprint density at radius 3 is 2.58 bits per heavy atom. The first-order chi connectivity index (χ1) is 14.9. The second kappa shape index (κ2) is 7.24. The van der Waals surface area contributed by atoms with E-state index in [1.165, 1.54) is 11.3 Å². The quantitative estimate of drug-likeness (QED) is 0.348. The molecule has 0 saturated carbocycles. The molecule has 1 aliphatic heterocycles. The molecule has 0 saturated heterocycles. The van der Waals surface area contributed by atoms with E-state index in [9.17, 15) is 19.0 Å². The summed E-state index contributed by atoms with van der Waals surface area (Å²) in [5.74, 6) is -0.279. The molecule has 7 nitrogen and oxygen atoms in total. The maximum absolute atomic E-state index is 13.6. The van der Waals surface area contributed by atoms with Crippen LogP contribution < -0.4 is 10.9 Å². The first-order valence-corrected chi connectivity index (χ1v) is 11.9. The van der Waals surface area contributed by atoms with Crippen LogP contribution >= 0.6 is 22.1 Å². The van der Waals surface area contributed by atoms with Crippen molar-refractivity contribution >= 4 is 43.9 Å². The third-order valence-corrected chi connectivity index (χ3v) is 7.67. The number of para-hydroxylation sites is 1. The Balaban J connectivity index is 1.76. The number of aromatic hydroxyl groups is 1. The molecule has 0 atom stereocenters.